The Morgan fingerprint density at radius 3 is 2.13 bits per heavy atom. The van der Waals surface area contributed by atoms with Gasteiger partial charge in [-0.05, 0) is 35.9 Å². The van der Waals surface area contributed by atoms with E-state index in [0.29, 0.717) is 28.1 Å². The SMILES string of the molecule is O=C(O)c1ccc(-c2[nH]nc(-c3ccc(Br)cc3)c2-c2ccccc2C(F)(F)F)cc1. The smallest absolute Gasteiger partial charge is 0.417 e. The van der Waals surface area contributed by atoms with Crippen LogP contribution in [0.25, 0.3) is 33.6 Å². The molecule has 4 rings (SSSR count). The fourth-order valence-electron chi connectivity index (χ4n) is 3.36. The monoisotopic (exact) mass is 486 g/mol. The van der Waals surface area contributed by atoms with Gasteiger partial charge in [0.05, 0.1) is 16.8 Å². The topological polar surface area (TPSA) is 66.0 Å². The number of aromatic nitrogens is 2. The fraction of sp³-hybridized carbons (Fsp3) is 0.0435. The standard InChI is InChI=1S/C23H14BrF3N2O2/c24-16-11-9-14(10-12-16)21-19(17-3-1-2-4-18(17)23(25,26)27)20(28-29-21)13-5-7-15(8-6-13)22(30)31/h1-12H,(H,28,29)(H,30,31). The minimum absolute atomic E-state index is 0.0148. The van der Waals surface area contributed by atoms with E-state index in [-0.39, 0.29) is 11.1 Å². The lowest BCUT2D eigenvalue weighted by molar-refractivity contribution is -0.137. The van der Waals surface area contributed by atoms with Gasteiger partial charge in [-0.3, -0.25) is 5.10 Å². The molecular formula is C23H14BrF3N2O2. The third-order valence-corrected chi connectivity index (χ3v) is 5.33. The number of benzene rings is 3. The van der Waals surface area contributed by atoms with E-state index in [0.717, 1.165) is 10.5 Å². The quantitative estimate of drug-likeness (QED) is 0.330. The zero-order valence-corrected chi connectivity index (χ0v) is 17.3. The highest BCUT2D eigenvalue weighted by molar-refractivity contribution is 9.10. The molecule has 3 aromatic carbocycles. The maximum atomic E-state index is 13.8. The van der Waals surface area contributed by atoms with Gasteiger partial charge in [0.15, 0.2) is 0 Å². The van der Waals surface area contributed by atoms with Crippen LogP contribution in [-0.4, -0.2) is 21.3 Å². The van der Waals surface area contributed by atoms with E-state index in [2.05, 4.69) is 26.1 Å². The van der Waals surface area contributed by atoms with Crippen LogP contribution in [0.5, 0.6) is 0 Å². The molecular weight excluding hydrogens is 473 g/mol. The van der Waals surface area contributed by atoms with E-state index < -0.39 is 17.7 Å². The van der Waals surface area contributed by atoms with Crippen molar-refractivity contribution in [3.8, 4) is 33.6 Å². The second-order valence-corrected chi connectivity index (χ2v) is 7.67. The number of aromatic carboxylic acids is 1. The summed E-state index contributed by atoms with van der Waals surface area (Å²) in [4.78, 5) is 11.2. The van der Waals surface area contributed by atoms with Gasteiger partial charge in [0.2, 0.25) is 0 Å². The van der Waals surface area contributed by atoms with Crippen LogP contribution >= 0.6 is 15.9 Å². The number of rotatable bonds is 4. The number of aromatic amines is 1. The molecule has 0 aliphatic carbocycles. The van der Waals surface area contributed by atoms with Gasteiger partial charge < -0.3 is 5.11 Å². The number of alkyl halides is 3. The zero-order chi connectivity index (χ0) is 22.2. The first-order valence-corrected chi connectivity index (χ1v) is 9.89. The van der Waals surface area contributed by atoms with Crippen molar-refractivity contribution in [3.63, 3.8) is 0 Å². The Morgan fingerprint density at radius 2 is 1.52 bits per heavy atom. The van der Waals surface area contributed by atoms with Crippen molar-refractivity contribution >= 4 is 21.9 Å². The molecule has 31 heavy (non-hydrogen) atoms. The van der Waals surface area contributed by atoms with E-state index in [1.165, 1.54) is 24.3 Å². The molecule has 0 bridgehead atoms. The van der Waals surface area contributed by atoms with Crippen molar-refractivity contribution in [2.75, 3.05) is 0 Å². The molecule has 0 atom stereocenters. The molecule has 0 amide bonds. The Balaban J connectivity index is 1.98. The van der Waals surface area contributed by atoms with Crippen LogP contribution < -0.4 is 0 Å². The molecule has 0 unspecified atom stereocenters. The summed E-state index contributed by atoms with van der Waals surface area (Å²) in [6.45, 7) is 0. The van der Waals surface area contributed by atoms with E-state index in [1.54, 1.807) is 42.5 Å². The van der Waals surface area contributed by atoms with Crippen molar-refractivity contribution in [1.82, 2.24) is 10.2 Å². The van der Waals surface area contributed by atoms with E-state index in [1.807, 2.05) is 0 Å². The Morgan fingerprint density at radius 1 is 0.903 bits per heavy atom. The average Bonchev–Trinajstić information content (AvgIpc) is 3.18. The second-order valence-electron chi connectivity index (χ2n) is 6.75. The third-order valence-electron chi connectivity index (χ3n) is 4.81. The first-order chi connectivity index (χ1) is 14.8. The average molecular weight is 487 g/mol. The van der Waals surface area contributed by atoms with Crippen LogP contribution in [0.3, 0.4) is 0 Å². The summed E-state index contributed by atoms with van der Waals surface area (Å²) in [6.07, 6.45) is -4.56. The normalized spacial score (nSPS) is 11.5. The van der Waals surface area contributed by atoms with E-state index >= 15 is 0 Å². The molecule has 0 aliphatic heterocycles. The first kappa shape index (κ1) is 20.9. The summed E-state index contributed by atoms with van der Waals surface area (Å²) < 4.78 is 42.2. The second kappa shape index (κ2) is 8.03. The molecule has 4 aromatic rings. The number of H-pyrrole nitrogens is 1. The minimum atomic E-state index is -4.56. The number of halogens is 4. The van der Waals surface area contributed by atoms with Crippen LogP contribution in [-0.2, 0) is 6.18 Å². The lowest BCUT2D eigenvalue weighted by atomic mass is 9.92. The summed E-state index contributed by atoms with van der Waals surface area (Å²) in [6, 6.07) is 18.3. The molecule has 8 heteroatoms. The maximum absolute atomic E-state index is 13.8. The van der Waals surface area contributed by atoms with Crippen LogP contribution in [0.1, 0.15) is 15.9 Å². The van der Waals surface area contributed by atoms with Gasteiger partial charge in [0, 0.05) is 21.2 Å². The van der Waals surface area contributed by atoms with Gasteiger partial charge in [-0.1, -0.05) is 58.4 Å². The molecule has 0 saturated carbocycles. The first-order valence-electron chi connectivity index (χ1n) is 9.10. The molecule has 2 N–H and O–H groups in total. The number of nitrogens with zero attached hydrogens (tertiary/aromatic N) is 1. The number of hydrogen-bond acceptors (Lipinski definition) is 2. The van der Waals surface area contributed by atoms with Crippen molar-refractivity contribution in [2.45, 2.75) is 6.18 Å². The highest BCUT2D eigenvalue weighted by Gasteiger charge is 2.35. The minimum Gasteiger partial charge on any atom is -0.478 e. The molecule has 156 valence electrons. The van der Waals surface area contributed by atoms with Crippen LogP contribution in [0, 0.1) is 0 Å². The van der Waals surface area contributed by atoms with Crippen molar-refractivity contribution < 1.29 is 23.1 Å². The number of carboxylic acids is 1. The van der Waals surface area contributed by atoms with Crippen LogP contribution in [0.2, 0.25) is 0 Å². The van der Waals surface area contributed by atoms with Crippen molar-refractivity contribution in [3.05, 3.63) is 88.4 Å². The highest BCUT2D eigenvalue weighted by atomic mass is 79.9. The number of carbonyl (C=O) groups is 1. The van der Waals surface area contributed by atoms with E-state index in [9.17, 15) is 18.0 Å². The molecule has 0 saturated heterocycles. The van der Waals surface area contributed by atoms with Crippen LogP contribution in [0.4, 0.5) is 13.2 Å². The Labute approximate surface area is 183 Å². The molecule has 0 spiro atoms. The van der Waals surface area contributed by atoms with Gasteiger partial charge in [-0.25, -0.2) is 4.79 Å². The Kier molecular flexibility index (Phi) is 5.41. The van der Waals surface area contributed by atoms with E-state index in [4.69, 9.17) is 5.11 Å². The molecule has 0 aliphatic rings. The summed E-state index contributed by atoms with van der Waals surface area (Å²) in [7, 11) is 0. The maximum Gasteiger partial charge on any atom is 0.417 e. The summed E-state index contributed by atoms with van der Waals surface area (Å²) in [5, 5.41) is 16.3. The van der Waals surface area contributed by atoms with Gasteiger partial charge in [0.1, 0.15) is 5.69 Å². The predicted octanol–water partition coefficient (Wildman–Crippen LogP) is 6.89. The number of nitrogens with one attached hydrogen (secondary N) is 1. The Hall–Kier alpha value is -3.39. The van der Waals surface area contributed by atoms with Crippen molar-refractivity contribution in [1.29, 1.82) is 0 Å². The molecule has 0 fully saturated rings. The lowest BCUT2D eigenvalue weighted by Gasteiger charge is -2.14. The number of carboxylic acid groups (broad SMARTS) is 1. The Bertz CT molecular complexity index is 1250. The van der Waals surface area contributed by atoms with Gasteiger partial charge >= 0.3 is 12.1 Å². The highest BCUT2D eigenvalue weighted by Crippen LogP contribution is 2.44. The van der Waals surface area contributed by atoms with Gasteiger partial charge in [-0.15, -0.1) is 0 Å². The lowest BCUT2D eigenvalue weighted by Crippen LogP contribution is -2.07. The molecule has 1 aromatic heterocycles. The number of hydrogen-bond donors (Lipinski definition) is 2. The zero-order valence-electron chi connectivity index (χ0n) is 15.7. The molecule has 4 nitrogen and oxygen atoms in total. The van der Waals surface area contributed by atoms with Gasteiger partial charge in [0.25, 0.3) is 0 Å². The largest absolute Gasteiger partial charge is 0.478 e. The third kappa shape index (κ3) is 4.11. The van der Waals surface area contributed by atoms with Gasteiger partial charge in [-0.2, -0.15) is 18.3 Å². The van der Waals surface area contributed by atoms with Crippen molar-refractivity contribution in [2.24, 2.45) is 0 Å². The summed E-state index contributed by atoms with van der Waals surface area (Å²) in [5.41, 5.74) is 1.46. The molecule has 0 radical (unpaired) electrons. The predicted molar refractivity (Wildman–Crippen MR) is 115 cm³/mol. The summed E-state index contributed by atoms with van der Waals surface area (Å²) in [5.74, 6) is -1.09. The van der Waals surface area contributed by atoms with Crippen LogP contribution in [0.15, 0.2) is 77.3 Å². The fourth-order valence-corrected chi connectivity index (χ4v) is 3.62. The summed E-state index contributed by atoms with van der Waals surface area (Å²) >= 11 is 3.35. The molecule has 1 heterocycles.